The molecule has 1 aromatic heterocycles. The Kier molecular flexibility index (Phi) is 4.54. The van der Waals surface area contributed by atoms with Gasteiger partial charge >= 0.3 is 0 Å². The summed E-state index contributed by atoms with van der Waals surface area (Å²) in [5.74, 6) is 0.584. The van der Waals surface area contributed by atoms with Gasteiger partial charge in [0.15, 0.2) is 5.16 Å². The van der Waals surface area contributed by atoms with Gasteiger partial charge in [-0.25, -0.2) is 4.98 Å². The van der Waals surface area contributed by atoms with Gasteiger partial charge in [-0.05, 0) is 5.56 Å². The number of rotatable bonds is 5. The summed E-state index contributed by atoms with van der Waals surface area (Å²) in [4.78, 5) is 29.1. The molecule has 0 aliphatic carbocycles. The predicted octanol–water partition coefficient (Wildman–Crippen LogP) is 1.52. The van der Waals surface area contributed by atoms with Crippen molar-refractivity contribution in [3.8, 4) is 0 Å². The van der Waals surface area contributed by atoms with E-state index in [0.29, 0.717) is 11.7 Å². The molecule has 3 rings (SSSR count). The molecule has 5 nitrogen and oxygen atoms in total. The fourth-order valence-electron chi connectivity index (χ4n) is 2.28. The van der Waals surface area contributed by atoms with Crippen molar-refractivity contribution in [2.75, 3.05) is 11.5 Å². The summed E-state index contributed by atoms with van der Waals surface area (Å²) in [6.07, 6.45) is 0.797. The number of primary amides is 1. The molecule has 7 heteroatoms. The molecule has 1 amide bonds. The van der Waals surface area contributed by atoms with Crippen LogP contribution in [0.25, 0.3) is 0 Å². The number of hydrogen-bond donors (Lipinski definition) is 1. The molecule has 0 saturated carbocycles. The van der Waals surface area contributed by atoms with E-state index in [1.54, 1.807) is 16.3 Å². The number of aromatic nitrogens is 2. The molecule has 1 aliphatic rings. The lowest BCUT2D eigenvalue weighted by atomic mass is 10.2. The molecule has 0 spiro atoms. The van der Waals surface area contributed by atoms with Gasteiger partial charge in [-0.3, -0.25) is 14.2 Å². The van der Waals surface area contributed by atoms with Gasteiger partial charge in [0.1, 0.15) is 0 Å². The SMILES string of the molecule is NC(=O)CSc1nc2c(c(=O)n1Cc1ccccc1)SCC2. The zero-order chi connectivity index (χ0) is 15.5. The van der Waals surface area contributed by atoms with Gasteiger partial charge in [0.2, 0.25) is 5.91 Å². The lowest BCUT2D eigenvalue weighted by Crippen LogP contribution is -2.26. The second-order valence-corrected chi connectivity index (χ2v) is 6.95. The maximum Gasteiger partial charge on any atom is 0.268 e. The fourth-order valence-corrected chi connectivity index (χ4v) is 4.07. The lowest BCUT2D eigenvalue weighted by Gasteiger charge is -2.13. The van der Waals surface area contributed by atoms with Crippen molar-refractivity contribution in [3.05, 3.63) is 51.9 Å². The Morgan fingerprint density at radius 2 is 2.14 bits per heavy atom. The summed E-state index contributed by atoms with van der Waals surface area (Å²) in [6.45, 7) is 0.446. The minimum atomic E-state index is -0.416. The van der Waals surface area contributed by atoms with Gasteiger partial charge in [-0.15, -0.1) is 11.8 Å². The van der Waals surface area contributed by atoms with Crippen LogP contribution in [0.1, 0.15) is 11.3 Å². The zero-order valence-electron chi connectivity index (χ0n) is 11.8. The van der Waals surface area contributed by atoms with Crippen LogP contribution in [0.2, 0.25) is 0 Å². The Morgan fingerprint density at radius 3 is 2.86 bits per heavy atom. The maximum atomic E-state index is 12.7. The minimum Gasteiger partial charge on any atom is -0.369 e. The molecule has 0 unspecified atom stereocenters. The van der Waals surface area contributed by atoms with Crippen LogP contribution in [0.3, 0.4) is 0 Å². The molecular formula is C15H15N3O2S2. The van der Waals surface area contributed by atoms with Crippen molar-refractivity contribution in [2.45, 2.75) is 23.0 Å². The van der Waals surface area contributed by atoms with Crippen LogP contribution >= 0.6 is 23.5 Å². The number of aryl methyl sites for hydroxylation is 1. The van der Waals surface area contributed by atoms with Crippen molar-refractivity contribution < 1.29 is 4.79 Å². The third kappa shape index (κ3) is 3.20. The summed E-state index contributed by atoms with van der Waals surface area (Å²) in [5, 5.41) is 0.564. The van der Waals surface area contributed by atoms with Crippen molar-refractivity contribution in [2.24, 2.45) is 5.73 Å². The first-order valence-electron chi connectivity index (χ1n) is 6.86. The van der Waals surface area contributed by atoms with E-state index in [9.17, 15) is 9.59 Å². The number of benzene rings is 1. The Labute approximate surface area is 136 Å². The van der Waals surface area contributed by atoms with Gasteiger partial charge < -0.3 is 5.73 Å². The van der Waals surface area contributed by atoms with Gasteiger partial charge in [-0.1, -0.05) is 42.1 Å². The van der Waals surface area contributed by atoms with E-state index in [-0.39, 0.29) is 11.3 Å². The summed E-state index contributed by atoms with van der Waals surface area (Å²) in [5.41, 5.74) is 7.05. The largest absolute Gasteiger partial charge is 0.369 e. The molecule has 2 aromatic rings. The number of nitrogens with zero attached hydrogens (tertiary/aromatic N) is 2. The molecular weight excluding hydrogens is 318 g/mol. The summed E-state index contributed by atoms with van der Waals surface area (Å²) in [7, 11) is 0. The second-order valence-electron chi connectivity index (χ2n) is 4.90. The smallest absolute Gasteiger partial charge is 0.268 e. The molecule has 0 fully saturated rings. The van der Waals surface area contributed by atoms with Crippen LogP contribution in [-0.4, -0.2) is 27.0 Å². The highest BCUT2D eigenvalue weighted by molar-refractivity contribution is 8.00. The van der Waals surface area contributed by atoms with Crippen LogP contribution in [0.5, 0.6) is 0 Å². The number of amides is 1. The number of nitrogens with two attached hydrogens (primary N) is 1. The number of hydrogen-bond acceptors (Lipinski definition) is 5. The average Bonchev–Trinajstić information content (AvgIpc) is 2.98. The van der Waals surface area contributed by atoms with E-state index in [1.807, 2.05) is 30.3 Å². The summed E-state index contributed by atoms with van der Waals surface area (Å²) >= 11 is 2.78. The Hall–Kier alpha value is -1.73. The Morgan fingerprint density at radius 1 is 1.36 bits per heavy atom. The molecule has 1 aromatic carbocycles. The minimum absolute atomic E-state index is 0.0247. The van der Waals surface area contributed by atoms with Gasteiger partial charge in [0.05, 0.1) is 22.9 Å². The first-order chi connectivity index (χ1) is 10.6. The number of carbonyl (C=O) groups excluding carboxylic acids is 1. The predicted molar refractivity (Wildman–Crippen MR) is 88.4 cm³/mol. The van der Waals surface area contributed by atoms with E-state index in [1.165, 1.54) is 11.8 Å². The van der Waals surface area contributed by atoms with Crippen LogP contribution in [0.15, 0.2) is 45.2 Å². The monoisotopic (exact) mass is 333 g/mol. The Balaban J connectivity index is 2.01. The van der Waals surface area contributed by atoms with Gasteiger partial charge in [0.25, 0.3) is 5.56 Å². The number of fused-ring (bicyclic) bond motifs is 1. The third-order valence-electron chi connectivity index (χ3n) is 3.28. The van der Waals surface area contributed by atoms with Gasteiger partial charge in [0, 0.05) is 12.2 Å². The normalized spacial score (nSPS) is 13.1. The highest BCUT2D eigenvalue weighted by Crippen LogP contribution is 2.28. The first-order valence-corrected chi connectivity index (χ1v) is 8.84. The molecule has 0 radical (unpaired) electrons. The highest BCUT2D eigenvalue weighted by Gasteiger charge is 2.22. The number of thioether (sulfide) groups is 2. The van der Waals surface area contributed by atoms with Crippen molar-refractivity contribution in [1.29, 1.82) is 0 Å². The molecule has 22 heavy (non-hydrogen) atoms. The maximum absolute atomic E-state index is 12.7. The van der Waals surface area contributed by atoms with Crippen LogP contribution < -0.4 is 11.3 Å². The molecule has 2 N–H and O–H groups in total. The van der Waals surface area contributed by atoms with E-state index >= 15 is 0 Å². The van der Waals surface area contributed by atoms with Crippen LogP contribution in [0.4, 0.5) is 0 Å². The summed E-state index contributed by atoms with van der Waals surface area (Å²) in [6, 6.07) is 9.74. The molecule has 114 valence electrons. The molecule has 0 saturated heterocycles. The van der Waals surface area contributed by atoms with Gasteiger partial charge in [-0.2, -0.15) is 0 Å². The topological polar surface area (TPSA) is 78.0 Å². The Bertz CT molecular complexity index is 759. The van der Waals surface area contributed by atoms with E-state index in [0.717, 1.165) is 28.3 Å². The fraction of sp³-hybridized carbons (Fsp3) is 0.267. The van der Waals surface area contributed by atoms with Crippen LogP contribution in [0, 0.1) is 0 Å². The van der Waals surface area contributed by atoms with E-state index < -0.39 is 5.91 Å². The average molecular weight is 333 g/mol. The standard InChI is InChI=1S/C15H15N3O2S2/c16-12(19)9-22-15-17-11-6-7-21-13(11)14(20)18(15)8-10-4-2-1-3-5-10/h1-5H,6-9H2,(H2,16,19). The highest BCUT2D eigenvalue weighted by atomic mass is 32.2. The first kappa shape index (κ1) is 15.2. The molecule has 0 bridgehead atoms. The van der Waals surface area contributed by atoms with E-state index in [2.05, 4.69) is 4.98 Å². The van der Waals surface area contributed by atoms with Crippen molar-refractivity contribution in [3.63, 3.8) is 0 Å². The van der Waals surface area contributed by atoms with Crippen molar-refractivity contribution >= 4 is 29.4 Å². The molecule has 0 atom stereocenters. The quantitative estimate of drug-likeness (QED) is 0.663. The van der Waals surface area contributed by atoms with E-state index in [4.69, 9.17) is 5.73 Å². The molecule has 1 aliphatic heterocycles. The third-order valence-corrected chi connectivity index (χ3v) is 5.38. The lowest BCUT2D eigenvalue weighted by molar-refractivity contribution is -0.115. The van der Waals surface area contributed by atoms with Crippen LogP contribution in [-0.2, 0) is 17.8 Å². The number of carbonyl (C=O) groups is 1. The second kappa shape index (κ2) is 6.58. The van der Waals surface area contributed by atoms with Crippen molar-refractivity contribution in [1.82, 2.24) is 9.55 Å². The zero-order valence-corrected chi connectivity index (χ0v) is 13.5. The summed E-state index contributed by atoms with van der Waals surface area (Å²) < 4.78 is 1.64. The molecule has 2 heterocycles.